The number of unbranched alkanes of at least 4 members (excludes halogenated alkanes) is 2. The maximum absolute atomic E-state index is 12.4. The van der Waals surface area contributed by atoms with E-state index in [1.807, 2.05) is 26.0 Å². The zero-order valence-corrected chi connectivity index (χ0v) is 14.9. The lowest BCUT2D eigenvalue weighted by Gasteiger charge is -2.12. The highest BCUT2D eigenvalue weighted by molar-refractivity contribution is 6.07. The quantitative estimate of drug-likeness (QED) is 0.496. The van der Waals surface area contributed by atoms with Gasteiger partial charge in [-0.05, 0) is 31.1 Å². The molecule has 4 heteroatoms. The molecule has 0 fully saturated rings. The number of ether oxygens (including phenoxy) is 2. The molecule has 1 aliphatic rings. The predicted octanol–water partition coefficient (Wildman–Crippen LogP) is 4.20. The Morgan fingerprint density at radius 2 is 1.30 bits per heavy atom. The van der Waals surface area contributed by atoms with Gasteiger partial charge in [-0.1, -0.05) is 52.7 Å². The van der Waals surface area contributed by atoms with Crippen LogP contribution < -0.4 is 0 Å². The molecule has 0 aliphatic heterocycles. The van der Waals surface area contributed by atoms with E-state index in [9.17, 15) is 9.59 Å². The standard InChI is InChI=1S/C19H30O4/c1-5-7-9-22-18(20)16-12-14(3)11-15(4)13-17(16)19(21)23-10-8-6-2/h12-15H,5-11H2,1-4H3. The number of carbonyl (C=O) groups is 2. The third-order valence-electron chi connectivity index (χ3n) is 3.84. The Bertz CT molecular complexity index is 420. The number of hydrogen-bond donors (Lipinski definition) is 0. The largest absolute Gasteiger partial charge is 0.462 e. The van der Waals surface area contributed by atoms with Crippen LogP contribution in [0.3, 0.4) is 0 Å². The molecule has 4 nitrogen and oxygen atoms in total. The summed E-state index contributed by atoms with van der Waals surface area (Å²) in [6, 6.07) is 0. The van der Waals surface area contributed by atoms with Crippen molar-refractivity contribution >= 4 is 11.9 Å². The third kappa shape index (κ3) is 6.59. The lowest BCUT2D eigenvalue weighted by Crippen LogP contribution is -2.18. The average molecular weight is 322 g/mol. The van der Waals surface area contributed by atoms with Crippen molar-refractivity contribution in [2.45, 2.75) is 59.8 Å². The Morgan fingerprint density at radius 1 is 0.913 bits per heavy atom. The van der Waals surface area contributed by atoms with E-state index >= 15 is 0 Å². The normalized spacial score (nSPS) is 21.0. The number of allylic oxidation sites excluding steroid dienone is 2. The monoisotopic (exact) mass is 322 g/mol. The van der Waals surface area contributed by atoms with Crippen molar-refractivity contribution in [3.8, 4) is 0 Å². The van der Waals surface area contributed by atoms with Crippen molar-refractivity contribution < 1.29 is 19.1 Å². The van der Waals surface area contributed by atoms with E-state index in [1.165, 1.54) is 0 Å². The molecule has 1 rings (SSSR count). The number of esters is 2. The average Bonchev–Trinajstić information content (AvgIpc) is 2.65. The van der Waals surface area contributed by atoms with E-state index in [0.29, 0.717) is 24.4 Å². The molecule has 0 aromatic heterocycles. The van der Waals surface area contributed by atoms with E-state index in [4.69, 9.17) is 9.47 Å². The van der Waals surface area contributed by atoms with Gasteiger partial charge in [0, 0.05) is 0 Å². The first-order valence-electron chi connectivity index (χ1n) is 8.77. The van der Waals surface area contributed by atoms with E-state index in [-0.39, 0.29) is 11.8 Å². The molecule has 2 atom stereocenters. The summed E-state index contributed by atoms with van der Waals surface area (Å²) in [4.78, 5) is 24.8. The van der Waals surface area contributed by atoms with Gasteiger partial charge < -0.3 is 9.47 Å². The van der Waals surface area contributed by atoms with Crippen molar-refractivity contribution in [2.75, 3.05) is 13.2 Å². The summed E-state index contributed by atoms with van der Waals surface area (Å²) >= 11 is 0. The molecular weight excluding hydrogens is 292 g/mol. The van der Waals surface area contributed by atoms with Crippen molar-refractivity contribution in [3.05, 3.63) is 23.3 Å². The molecule has 0 spiro atoms. The maximum Gasteiger partial charge on any atom is 0.338 e. The second-order valence-electron chi connectivity index (χ2n) is 6.33. The van der Waals surface area contributed by atoms with Gasteiger partial charge in [0.25, 0.3) is 0 Å². The fraction of sp³-hybridized carbons (Fsp3) is 0.684. The molecule has 0 bridgehead atoms. The minimum absolute atomic E-state index is 0.218. The van der Waals surface area contributed by atoms with Crippen molar-refractivity contribution in [1.29, 1.82) is 0 Å². The molecule has 0 aromatic carbocycles. The highest BCUT2D eigenvalue weighted by Gasteiger charge is 2.27. The summed E-state index contributed by atoms with van der Waals surface area (Å²) < 4.78 is 10.6. The summed E-state index contributed by atoms with van der Waals surface area (Å²) in [5, 5.41) is 0. The molecule has 1 aliphatic carbocycles. The summed E-state index contributed by atoms with van der Waals surface area (Å²) in [6.45, 7) is 8.95. The molecule has 0 amide bonds. The van der Waals surface area contributed by atoms with Crippen molar-refractivity contribution in [2.24, 2.45) is 11.8 Å². The highest BCUT2D eigenvalue weighted by Crippen LogP contribution is 2.27. The van der Waals surface area contributed by atoms with Gasteiger partial charge in [0.05, 0.1) is 24.4 Å². The van der Waals surface area contributed by atoms with Crippen LogP contribution in [0.2, 0.25) is 0 Å². The fourth-order valence-electron chi connectivity index (χ4n) is 2.60. The molecule has 23 heavy (non-hydrogen) atoms. The SMILES string of the molecule is CCCCOC(=O)C1=CC(C)CC(C)C=C1C(=O)OCCCC. The topological polar surface area (TPSA) is 52.6 Å². The van der Waals surface area contributed by atoms with Gasteiger partial charge in [-0.15, -0.1) is 0 Å². The van der Waals surface area contributed by atoms with Crippen LogP contribution in [0.1, 0.15) is 59.8 Å². The predicted molar refractivity (Wildman–Crippen MR) is 90.8 cm³/mol. The van der Waals surface area contributed by atoms with E-state index in [2.05, 4.69) is 13.8 Å². The van der Waals surface area contributed by atoms with Gasteiger partial charge in [0.2, 0.25) is 0 Å². The number of hydrogen-bond acceptors (Lipinski definition) is 4. The van der Waals surface area contributed by atoms with Crippen LogP contribution in [0.4, 0.5) is 0 Å². The van der Waals surface area contributed by atoms with Crippen molar-refractivity contribution in [1.82, 2.24) is 0 Å². The second kappa shape index (κ2) is 10.2. The van der Waals surface area contributed by atoms with Gasteiger partial charge in [0.15, 0.2) is 0 Å². The smallest absolute Gasteiger partial charge is 0.338 e. The first-order chi connectivity index (χ1) is 11.0. The summed E-state index contributed by atoms with van der Waals surface area (Å²) in [5.74, 6) is -0.400. The second-order valence-corrected chi connectivity index (χ2v) is 6.33. The summed E-state index contributed by atoms with van der Waals surface area (Å²) in [7, 11) is 0. The van der Waals surface area contributed by atoms with Crippen LogP contribution in [0.25, 0.3) is 0 Å². The van der Waals surface area contributed by atoms with Crippen LogP contribution in [-0.2, 0) is 19.1 Å². The van der Waals surface area contributed by atoms with E-state index in [0.717, 1.165) is 32.1 Å². The Hall–Kier alpha value is -1.58. The Morgan fingerprint density at radius 3 is 1.65 bits per heavy atom. The van der Waals surface area contributed by atoms with Crippen LogP contribution >= 0.6 is 0 Å². The first-order valence-corrected chi connectivity index (χ1v) is 8.77. The van der Waals surface area contributed by atoms with Crippen LogP contribution in [0.5, 0.6) is 0 Å². The van der Waals surface area contributed by atoms with Gasteiger partial charge in [0.1, 0.15) is 0 Å². The molecule has 0 saturated heterocycles. The summed E-state index contributed by atoms with van der Waals surface area (Å²) in [6.07, 6.45) is 8.17. The number of rotatable bonds is 8. The molecule has 0 radical (unpaired) electrons. The van der Waals surface area contributed by atoms with E-state index in [1.54, 1.807) is 0 Å². The highest BCUT2D eigenvalue weighted by atomic mass is 16.5. The Kier molecular flexibility index (Phi) is 8.67. The molecule has 130 valence electrons. The van der Waals surface area contributed by atoms with Gasteiger partial charge in [-0.3, -0.25) is 0 Å². The third-order valence-corrected chi connectivity index (χ3v) is 3.84. The molecule has 0 saturated carbocycles. The zero-order chi connectivity index (χ0) is 17.2. The van der Waals surface area contributed by atoms with Crippen molar-refractivity contribution in [3.63, 3.8) is 0 Å². The Labute approximate surface area is 139 Å². The lowest BCUT2D eigenvalue weighted by atomic mass is 9.98. The minimum atomic E-state index is -0.418. The van der Waals surface area contributed by atoms with Crippen LogP contribution in [-0.4, -0.2) is 25.2 Å². The first kappa shape index (κ1) is 19.5. The van der Waals surface area contributed by atoms with Gasteiger partial charge in [-0.25, -0.2) is 9.59 Å². The molecule has 2 unspecified atom stereocenters. The zero-order valence-electron chi connectivity index (χ0n) is 14.9. The minimum Gasteiger partial charge on any atom is -0.462 e. The van der Waals surface area contributed by atoms with Crippen LogP contribution in [0, 0.1) is 11.8 Å². The van der Waals surface area contributed by atoms with Crippen LogP contribution in [0.15, 0.2) is 23.3 Å². The lowest BCUT2D eigenvalue weighted by molar-refractivity contribution is -0.142. The maximum atomic E-state index is 12.4. The fourth-order valence-corrected chi connectivity index (χ4v) is 2.60. The molecular formula is C19H30O4. The molecule has 0 aromatic rings. The number of carbonyl (C=O) groups excluding carboxylic acids is 2. The summed E-state index contributed by atoms with van der Waals surface area (Å²) in [5.41, 5.74) is 0.721. The van der Waals surface area contributed by atoms with Gasteiger partial charge >= 0.3 is 11.9 Å². The molecule has 0 heterocycles. The van der Waals surface area contributed by atoms with E-state index < -0.39 is 11.9 Å². The Balaban J connectivity index is 2.91. The van der Waals surface area contributed by atoms with Gasteiger partial charge in [-0.2, -0.15) is 0 Å². The molecule has 0 N–H and O–H groups in total.